The number of hydrogen-bond donors (Lipinski definition) is 1. The minimum Gasteiger partial charge on any atom is -0.399 e. The molecule has 4 heteroatoms. The molecule has 0 saturated carbocycles. The Kier molecular flexibility index (Phi) is 3.97. The van der Waals surface area contributed by atoms with E-state index in [1.165, 1.54) is 18.2 Å². The van der Waals surface area contributed by atoms with Gasteiger partial charge in [-0.2, -0.15) is 0 Å². The normalized spacial score (nSPS) is 10.8. The van der Waals surface area contributed by atoms with E-state index in [1.54, 1.807) is 30.3 Å². The number of hydrogen-bond acceptors (Lipinski definition) is 2. The number of rotatable bonds is 3. The van der Waals surface area contributed by atoms with Crippen LogP contribution in [0.2, 0.25) is 5.02 Å². The maximum atomic E-state index is 13.1. The van der Waals surface area contributed by atoms with Crippen molar-refractivity contribution in [1.82, 2.24) is 0 Å². The largest absolute Gasteiger partial charge is 0.399 e. The second-order valence-corrected chi connectivity index (χ2v) is 4.40. The smallest absolute Gasteiger partial charge is 0.187 e. The van der Waals surface area contributed by atoms with Gasteiger partial charge in [-0.1, -0.05) is 29.8 Å². The third-order valence-corrected chi connectivity index (χ3v) is 2.89. The van der Waals surface area contributed by atoms with Gasteiger partial charge >= 0.3 is 0 Å². The van der Waals surface area contributed by atoms with Gasteiger partial charge in [0.25, 0.3) is 0 Å². The molecular formula is C15H11ClFNO. The lowest BCUT2D eigenvalue weighted by Gasteiger charge is -2.00. The molecule has 0 aromatic heterocycles. The van der Waals surface area contributed by atoms with E-state index < -0.39 is 5.82 Å². The molecule has 0 unspecified atom stereocenters. The van der Waals surface area contributed by atoms with E-state index in [-0.39, 0.29) is 16.4 Å². The van der Waals surface area contributed by atoms with E-state index in [0.717, 1.165) is 11.6 Å². The van der Waals surface area contributed by atoms with Gasteiger partial charge in [0.2, 0.25) is 0 Å². The molecule has 0 saturated heterocycles. The number of carbonyl (C=O) groups excluding carboxylic acids is 1. The van der Waals surface area contributed by atoms with Gasteiger partial charge < -0.3 is 5.73 Å². The highest BCUT2D eigenvalue weighted by Crippen LogP contribution is 2.18. The van der Waals surface area contributed by atoms with Crippen LogP contribution in [0.5, 0.6) is 0 Å². The second-order valence-electron chi connectivity index (χ2n) is 3.99. The Morgan fingerprint density at radius 3 is 2.53 bits per heavy atom. The van der Waals surface area contributed by atoms with Crippen molar-refractivity contribution in [3.63, 3.8) is 0 Å². The van der Waals surface area contributed by atoms with Crippen LogP contribution in [-0.4, -0.2) is 5.78 Å². The molecule has 2 aromatic rings. The Bertz CT molecular complexity index is 635. The summed E-state index contributed by atoms with van der Waals surface area (Å²) in [5.41, 5.74) is 7.19. The summed E-state index contributed by atoms with van der Waals surface area (Å²) in [7, 11) is 0. The van der Waals surface area contributed by atoms with Gasteiger partial charge in [-0.3, -0.25) is 4.79 Å². The molecule has 2 aromatic carbocycles. The van der Waals surface area contributed by atoms with E-state index >= 15 is 0 Å². The Morgan fingerprint density at radius 2 is 1.84 bits per heavy atom. The molecule has 0 aliphatic heterocycles. The highest BCUT2D eigenvalue weighted by atomic mass is 35.5. The SMILES string of the molecule is Nc1ccc(/C=C/C(=O)c2cc(F)ccc2Cl)cc1. The van der Waals surface area contributed by atoms with Crippen molar-refractivity contribution in [2.45, 2.75) is 0 Å². The molecule has 0 radical (unpaired) electrons. The monoisotopic (exact) mass is 275 g/mol. The van der Waals surface area contributed by atoms with Crippen LogP contribution < -0.4 is 5.73 Å². The molecule has 2 rings (SSSR count). The van der Waals surface area contributed by atoms with Crippen LogP contribution in [0.25, 0.3) is 6.08 Å². The minimum atomic E-state index is -0.492. The van der Waals surface area contributed by atoms with E-state index in [9.17, 15) is 9.18 Å². The topological polar surface area (TPSA) is 43.1 Å². The predicted molar refractivity (Wildman–Crippen MR) is 75.6 cm³/mol. The number of carbonyl (C=O) groups is 1. The van der Waals surface area contributed by atoms with Gasteiger partial charge in [-0.05, 0) is 42.0 Å². The van der Waals surface area contributed by atoms with Gasteiger partial charge in [-0.15, -0.1) is 0 Å². The van der Waals surface area contributed by atoms with Crippen molar-refractivity contribution in [3.8, 4) is 0 Å². The lowest BCUT2D eigenvalue weighted by atomic mass is 10.1. The highest BCUT2D eigenvalue weighted by Gasteiger charge is 2.08. The molecule has 0 aliphatic carbocycles. The molecule has 0 spiro atoms. The fraction of sp³-hybridized carbons (Fsp3) is 0. The lowest BCUT2D eigenvalue weighted by Crippen LogP contribution is -1.96. The molecule has 0 fully saturated rings. The first-order valence-corrected chi connectivity index (χ1v) is 5.97. The number of ketones is 1. The molecule has 2 nitrogen and oxygen atoms in total. The second kappa shape index (κ2) is 5.67. The summed E-state index contributed by atoms with van der Waals surface area (Å²) in [6.07, 6.45) is 2.98. The van der Waals surface area contributed by atoms with Gasteiger partial charge in [0.05, 0.1) is 5.02 Å². The summed E-state index contributed by atoms with van der Waals surface area (Å²) in [6.45, 7) is 0. The molecule has 0 bridgehead atoms. The first-order chi connectivity index (χ1) is 9.06. The summed E-state index contributed by atoms with van der Waals surface area (Å²) in [6, 6.07) is 10.7. The third-order valence-electron chi connectivity index (χ3n) is 2.56. The molecule has 0 atom stereocenters. The highest BCUT2D eigenvalue weighted by molar-refractivity contribution is 6.34. The maximum absolute atomic E-state index is 13.1. The Balaban J connectivity index is 2.21. The van der Waals surface area contributed by atoms with Crippen molar-refractivity contribution in [2.24, 2.45) is 0 Å². The molecule has 96 valence electrons. The van der Waals surface area contributed by atoms with Gasteiger partial charge in [0.15, 0.2) is 5.78 Å². The zero-order valence-corrected chi connectivity index (χ0v) is 10.7. The Hall–Kier alpha value is -2.13. The minimum absolute atomic E-state index is 0.147. The van der Waals surface area contributed by atoms with Crippen molar-refractivity contribution in [1.29, 1.82) is 0 Å². The summed E-state index contributed by atoms with van der Waals surface area (Å²) < 4.78 is 13.1. The third kappa shape index (κ3) is 3.42. The van der Waals surface area contributed by atoms with Gasteiger partial charge in [0.1, 0.15) is 5.82 Å². The van der Waals surface area contributed by atoms with Gasteiger partial charge in [-0.25, -0.2) is 4.39 Å². The zero-order chi connectivity index (χ0) is 13.8. The van der Waals surface area contributed by atoms with Crippen LogP contribution in [0.3, 0.4) is 0 Å². The molecule has 0 heterocycles. The Morgan fingerprint density at radius 1 is 1.16 bits per heavy atom. The number of nitrogen functional groups attached to an aromatic ring is 1. The summed E-state index contributed by atoms with van der Waals surface area (Å²) in [4.78, 5) is 11.9. The maximum Gasteiger partial charge on any atom is 0.187 e. The van der Waals surface area contributed by atoms with E-state index in [4.69, 9.17) is 17.3 Å². The van der Waals surface area contributed by atoms with Crippen LogP contribution >= 0.6 is 11.6 Å². The van der Waals surface area contributed by atoms with E-state index in [0.29, 0.717) is 5.69 Å². The number of allylic oxidation sites excluding steroid dienone is 1. The molecule has 0 amide bonds. The summed E-state index contributed by atoms with van der Waals surface area (Å²) in [5, 5.41) is 0.230. The molecular weight excluding hydrogens is 265 g/mol. The Labute approximate surface area is 115 Å². The average Bonchev–Trinajstić information content (AvgIpc) is 2.40. The predicted octanol–water partition coefficient (Wildman–Crippen LogP) is 3.96. The van der Waals surface area contributed by atoms with Crippen LogP contribution in [0, 0.1) is 5.82 Å². The van der Waals surface area contributed by atoms with Crippen LogP contribution in [0.4, 0.5) is 10.1 Å². The fourth-order valence-electron chi connectivity index (χ4n) is 1.56. The first kappa shape index (κ1) is 13.3. The number of benzene rings is 2. The first-order valence-electron chi connectivity index (χ1n) is 5.59. The van der Waals surface area contributed by atoms with E-state index in [1.807, 2.05) is 0 Å². The number of nitrogens with two attached hydrogens (primary N) is 1. The van der Waals surface area contributed by atoms with Crippen molar-refractivity contribution in [3.05, 3.63) is 70.5 Å². The molecule has 19 heavy (non-hydrogen) atoms. The van der Waals surface area contributed by atoms with Crippen LogP contribution in [0.1, 0.15) is 15.9 Å². The summed E-state index contributed by atoms with van der Waals surface area (Å²) in [5.74, 6) is -0.838. The molecule has 2 N–H and O–H groups in total. The van der Waals surface area contributed by atoms with Crippen LogP contribution in [-0.2, 0) is 0 Å². The van der Waals surface area contributed by atoms with Crippen LogP contribution in [0.15, 0.2) is 48.5 Å². The quantitative estimate of drug-likeness (QED) is 0.523. The standard InChI is InChI=1S/C15H11ClFNO/c16-14-7-4-11(17)9-13(14)15(19)8-3-10-1-5-12(18)6-2-10/h1-9H,18H2/b8-3+. The van der Waals surface area contributed by atoms with Crippen molar-refractivity contribution < 1.29 is 9.18 Å². The van der Waals surface area contributed by atoms with E-state index in [2.05, 4.69) is 0 Å². The van der Waals surface area contributed by atoms with Crippen molar-refractivity contribution in [2.75, 3.05) is 5.73 Å². The molecule has 0 aliphatic rings. The summed E-state index contributed by atoms with van der Waals surface area (Å²) >= 11 is 5.86. The fourth-order valence-corrected chi connectivity index (χ4v) is 1.77. The average molecular weight is 276 g/mol. The number of anilines is 1. The zero-order valence-electron chi connectivity index (χ0n) is 9.94. The lowest BCUT2D eigenvalue weighted by molar-refractivity contribution is 0.104. The number of halogens is 2. The van der Waals surface area contributed by atoms with Gasteiger partial charge in [0, 0.05) is 11.3 Å². The van der Waals surface area contributed by atoms with Crippen molar-refractivity contribution >= 4 is 29.1 Å².